The molecular weight excluding hydrogens is 356 g/mol. The van der Waals surface area contributed by atoms with Crippen LogP contribution in [0.15, 0.2) is 24.3 Å². The van der Waals surface area contributed by atoms with E-state index in [0.29, 0.717) is 23.3 Å². The third-order valence-corrected chi connectivity index (χ3v) is 5.14. The van der Waals surface area contributed by atoms with Crippen LogP contribution in [0, 0.1) is 0 Å². The lowest BCUT2D eigenvalue weighted by molar-refractivity contribution is -0.124. The first-order chi connectivity index (χ1) is 12.5. The van der Waals surface area contributed by atoms with Crippen molar-refractivity contribution in [3.63, 3.8) is 0 Å². The van der Waals surface area contributed by atoms with Gasteiger partial charge in [0.2, 0.25) is 5.95 Å². The van der Waals surface area contributed by atoms with E-state index >= 15 is 0 Å². The Bertz CT molecular complexity index is 865. The molecule has 2 atom stereocenters. The van der Waals surface area contributed by atoms with Crippen molar-refractivity contribution in [2.75, 3.05) is 18.5 Å². The number of hydrogen-bond donors (Lipinski definition) is 1. The van der Waals surface area contributed by atoms with Gasteiger partial charge in [-0.1, -0.05) is 24.9 Å². The Morgan fingerprint density at radius 2 is 1.92 bits per heavy atom. The molecule has 0 saturated carbocycles. The molecule has 2 aliphatic heterocycles. The first kappa shape index (κ1) is 16.8. The highest BCUT2D eigenvalue weighted by molar-refractivity contribution is 6.30. The molecular formula is C17H19ClN6O2. The number of rotatable bonds is 4. The van der Waals surface area contributed by atoms with Crippen molar-refractivity contribution < 1.29 is 9.59 Å². The fourth-order valence-corrected chi connectivity index (χ4v) is 3.69. The lowest BCUT2D eigenvalue weighted by Crippen LogP contribution is -2.61. The van der Waals surface area contributed by atoms with E-state index in [1.165, 1.54) is 4.90 Å². The molecule has 1 N–H and O–H groups in total. The van der Waals surface area contributed by atoms with E-state index in [1.807, 2.05) is 21.6 Å². The van der Waals surface area contributed by atoms with Gasteiger partial charge >= 0.3 is 6.03 Å². The van der Waals surface area contributed by atoms with Gasteiger partial charge in [-0.2, -0.15) is 0 Å². The van der Waals surface area contributed by atoms with Gasteiger partial charge in [0, 0.05) is 24.2 Å². The highest BCUT2D eigenvalue weighted by atomic mass is 35.5. The number of urea groups is 1. The zero-order chi connectivity index (χ0) is 18.4. The van der Waals surface area contributed by atoms with Crippen molar-refractivity contribution in [1.82, 2.24) is 25.0 Å². The highest BCUT2D eigenvalue weighted by Crippen LogP contribution is 2.40. The van der Waals surface area contributed by atoms with E-state index in [9.17, 15) is 9.59 Å². The van der Waals surface area contributed by atoms with Gasteiger partial charge in [-0.3, -0.25) is 14.7 Å². The first-order valence-corrected chi connectivity index (χ1v) is 8.96. The predicted molar refractivity (Wildman–Crippen MR) is 96.8 cm³/mol. The van der Waals surface area contributed by atoms with Crippen LogP contribution in [0.3, 0.4) is 0 Å². The van der Waals surface area contributed by atoms with Crippen LogP contribution in [0.5, 0.6) is 0 Å². The summed E-state index contributed by atoms with van der Waals surface area (Å²) in [5, 5.41) is 11.7. The number of carbonyl (C=O) groups is 2. The summed E-state index contributed by atoms with van der Waals surface area (Å²) in [6, 6.07) is 6.34. The number of amides is 3. The summed E-state index contributed by atoms with van der Waals surface area (Å²) in [7, 11) is 1.68. The second kappa shape index (κ2) is 6.28. The van der Waals surface area contributed by atoms with Crippen LogP contribution < -0.4 is 10.2 Å². The number of carbonyl (C=O) groups excluding carboxylic acids is 2. The molecule has 0 radical (unpaired) electrons. The Morgan fingerprint density at radius 1 is 1.19 bits per heavy atom. The highest BCUT2D eigenvalue weighted by Gasteiger charge is 2.52. The largest absolute Gasteiger partial charge is 0.325 e. The molecule has 136 valence electrons. The average Bonchev–Trinajstić information content (AvgIpc) is 3.17. The lowest BCUT2D eigenvalue weighted by atomic mass is 10.1. The number of halogens is 1. The van der Waals surface area contributed by atoms with Gasteiger partial charge in [-0.05, 0) is 30.7 Å². The van der Waals surface area contributed by atoms with Gasteiger partial charge in [0.15, 0.2) is 11.9 Å². The molecule has 1 saturated heterocycles. The number of nitrogens with one attached hydrogen (secondary N) is 1. The maximum absolute atomic E-state index is 12.6. The van der Waals surface area contributed by atoms with Crippen molar-refractivity contribution in [3.8, 4) is 11.4 Å². The molecule has 2 unspecified atom stereocenters. The van der Waals surface area contributed by atoms with Crippen molar-refractivity contribution >= 4 is 29.5 Å². The fourth-order valence-electron chi connectivity index (χ4n) is 3.56. The van der Waals surface area contributed by atoms with Crippen LogP contribution in [0.25, 0.3) is 11.4 Å². The molecule has 8 nitrogen and oxygen atoms in total. The van der Waals surface area contributed by atoms with Crippen molar-refractivity contribution in [1.29, 1.82) is 0 Å². The molecule has 4 rings (SSSR count). The van der Waals surface area contributed by atoms with Gasteiger partial charge in [0.25, 0.3) is 5.91 Å². The number of imide groups is 1. The first-order valence-electron chi connectivity index (χ1n) is 8.58. The quantitative estimate of drug-likeness (QED) is 0.887. The minimum absolute atomic E-state index is 0.304. The monoisotopic (exact) mass is 374 g/mol. The molecule has 1 fully saturated rings. The van der Waals surface area contributed by atoms with Crippen molar-refractivity contribution in [2.24, 2.45) is 0 Å². The standard InChI is InChI=1S/C17H19ClN6O2/c1-3-4-9-23-12-14(25)19-17(26)22(2)15(12)24-13(20-21-16(23)24)10-5-7-11(18)8-6-10/h5-8,12,15H,3-4,9H2,1-2H3,(H,19,25,26). The minimum atomic E-state index is -0.513. The van der Waals surface area contributed by atoms with Crippen LogP contribution in [0.4, 0.5) is 10.7 Å². The minimum Gasteiger partial charge on any atom is -0.325 e. The van der Waals surface area contributed by atoms with Crippen LogP contribution in [-0.4, -0.2) is 51.2 Å². The lowest BCUT2D eigenvalue weighted by Gasteiger charge is -2.37. The number of hydrogen-bond acceptors (Lipinski definition) is 5. The number of benzene rings is 1. The summed E-state index contributed by atoms with van der Waals surface area (Å²) < 4.78 is 1.88. The molecule has 1 aromatic heterocycles. The SMILES string of the molecule is CCCCN1c2nnc(-c3ccc(Cl)cc3)n2C2C1C(=O)NC(=O)N2C. The Kier molecular flexibility index (Phi) is 4.07. The number of likely N-dealkylation sites (N-methyl/N-ethyl adjacent to an activating group) is 1. The Hall–Kier alpha value is -2.61. The van der Waals surface area contributed by atoms with Gasteiger partial charge in [-0.15, -0.1) is 10.2 Å². The predicted octanol–water partition coefficient (Wildman–Crippen LogP) is 2.27. The smallest absolute Gasteiger partial charge is 0.325 e. The maximum atomic E-state index is 12.6. The summed E-state index contributed by atoms with van der Waals surface area (Å²) in [5.41, 5.74) is 0.830. The number of nitrogens with zero attached hydrogens (tertiary/aromatic N) is 5. The zero-order valence-electron chi connectivity index (χ0n) is 14.5. The second-order valence-electron chi connectivity index (χ2n) is 6.51. The van der Waals surface area contributed by atoms with Gasteiger partial charge in [0.05, 0.1) is 0 Å². The zero-order valence-corrected chi connectivity index (χ0v) is 15.3. The van der Waals surface area contributed by atoms with Gasteiger partial charge < -0.3 is 9.80 Å². The van der Waals surface area contributed by atoms with E-state index in [4.69, 9.17) is 11.6 Å². The van der Waals surface area contributed by atoms with Crippen LogP contribution >= 0.6 is 11.6 Å². The van der Waals surface area contributed by atoms with E-state index < -0.39 is 18.2 Å². The third kappa shape index (κ3) is 2.44. The number of anilines is 1. The summed E-state index contributed by atoms with van der Waals surface area (Å²) in [6.07, 6.45) is 1.42. The topological polar surface area (TPSA) is 83.4 Å². The van der Waals surface area contributed by atoms with Crippen molar-refractivity contribution in [3.05, 3.63) is 29.3 Å². The number of aromatic nitrogens is 3. The summed E-state index contributed by atoms with van der Waals surface area (Å²) in [5.74, 6) is 0.914. The van der Waals surface area contributed by atoms with E-state index in [-0.39, 0.29) is 5.91 Å². The molecule has 0 spiro atoms. The van der Waals surface area contributed by atoms with Crippen molar-refractivity contribution in [2.45, 2.75) is 32.0 Å². The molecule has 3 heterocycles. The van der Waals surface area contributed by atoms with E-state index in [2.05, 4.69) is 22.4 Å². The fraction of sp³-hybridized carbons (Fsp3) is 0.412. The molecule has 0 aliphatic carbocycles. The summed E-state index contributed by atoms with van der Waals surface area (Å²) in [6.45, 7) is 2.76. The molecule has 0 bridgehead atoms. The normalized spacial score (nSPS) is 21.7. The molecule has 2 aromatic rings. The average molecular weight is 375 g/mol. The number of fused-ring (bicyclic) bond motifs is 3. The third-order valence-electron chi connectivity index (χ3n) is 4.89. The molecule has 9 heteroatoms. The Morgan fingerprint density at radius 3 is 2.62 bits per heavy atom. The summed E-state index contributed by atoms with van der Waals surface area (Å²) >= 11 is 5.99. The van der Waals surface area contributed by atoms with Crippen LogP contribution in [0.2, 0.25) is 5.02 Å². The molecule has 2 aliphatic rings. The molecule has 3 amide bonds. The van der Waals surface area contributed by atoms with Crippen LogP contribution in [0.1, 0.15) is 25.9 Å². The summed E-state index contributed by atoms with van der Waals surface area (Å²) in [4.78, 5) is 28.3. The van der Waals surface area contributed by atoms with Gasteiger partial charge in [-0.25, -0.2) is 4.79 Å². The molecule has 26 heavy (non-hydrogen) atoms. The number of unbranched alkanes of at least 4 members (excludes halogenated alkanes) is 1. The van der Waals surface area contributed by atoms with Gasteiger partial charge in [0.1, 0.15) is 6.17 Å². The maximum Gasteiger partial charge on any atom is 0.325 e. The Balaban J connectivity index is 1.84. The molecule has 1 aromatic carbocycles. The second-order valence-corrected chi connectivity index (χ2v) is 6.95. The van der Waals surface area contributed by atoms with E-state index in [0.717, 1.165) is 18.4 Å². The Labute approximate surface area is 155 Å². The van der Waals surface area contributed by atoms with E-state index in [1.54, 1.807) is 19.2 Å². The van der Waals surface area contributed by atoms with Crippen LogP contribution in [-0.2, 0) is 4.79 Å².